The van der Waals surface area contributed by atoms with Gasteiger partial charge in [0.05, 0.1) is 26.5 Å². The Morgan fingerprint density at radius 1 is 1.26 bits per heavy atom. The number of nitrogens with zero attached hydrogens (tertiary/aromatic N) is 1. The summed E-state index contributed by atoms with van der Waals surface area (Å²) < 4.78 is 25.7. The maximum Gasteiger partial charge on any atom is 0.144 e. The Labute approximate surface area is 118 Å². The van der Waals surface area contributed by atoms with Crippen LogP contribution in [0, 0.1) is 0 Å². The molecule has 1 atom stereocenters. The van der Waals surface area contributed by atoms with Crippen molar-refractivity contribution in [3.8, 4) is 5.75 Å². The number of hydrogen-bond acceptors (Lipinski definition) is 4. The lowest BCUT2D eigenvalue weighted by atomic mass is 10.2. The van der Waals surface area contributed by atoms with Crippen molar-refractivity contribution in [1.82, 2.24) is 0 Å². The Morgan fingerprint density at radius 3 is 2.42 bits per heavy atom. The van der Waals surface area contributed by atoms with Gasteiger partial charge in [-0.2, -0.15) is 0 Å². The molecule has 19 heavy (non-hydrogen) atoms. The molecular formula is C14H21NO3S. The van der Waals surface area contributed by atoms with Crippen LogP contribution in [0.15, 0.2) is 28.7 Å². The first-order valence-electron chi connectivity index (χ1n) is 6.08. The topological polar surface area (TPSA) is 53.9 Å². The Bertz CT molecular complexity index is 398. The van der Waals surface area contributed by atoms with Crippen LogP contribution in [0.4, 0.5) is 0 Å². The quantitative estimate of drug-likeness (QED) is 0.458. The molecule has 0 aliphatic rings. The molecule has 1 rings (SSSR count). The Morgan fingerprint density at radius 2 is 1.89 bits per heavy atom. The van der Waals surface area contributed by atoms with Gasteiger partial charge in [-0.1, -0.05) is 16.5 Å². The van der Waals surface area contributed by atoms with E-state index in [1.54, 1.807) is 13.3 Å². The molecule has 0 spiro atoms. The van der Waals surface area contributed by atoms with E-state index in [4.69, 9.17) is 9.47 Å². The van der Waals surface area contributed by atoms with Crippen molar-refractivity contribution >= 4 is 17.6 Å². The fourth-order valence-electron chi connectivity index (χ4n) is 1.21. The normalized spacial score (nSPS) is 13.7. The van der Waals surface area contributed by atoms with Crippen LogP contribution < -0.4 is 4.74 Å². The highest BCUT2D eigenvalue weighted by Crippen LogP contribution is 2.16. The van der Waals surface area contributed by atoms with Crippen LogP contribution >= 0.6 is 0 Å². The van der Waals surface area contributed by atoms with Crippen LogP contribution in [0.2, 0.25) is 0 Å². The van der Waals surface area contributed by atoms with E-state index in [2.05, 4.69) is 4.40 Å². The van der Waals surface area contributed by atoms with E-state index < -0.39 is 11.4 Å². The van der Waals surface area contributed by atoms with Gasteiger partial charge in [-0.15, -0.1) is 0 Å². The summed E-state index contributed by atoms with van der Waals surface area (Å²) in [6.45, 7) is 6.52. The number of rotatable bonds is 6. The molecule has 0 aliphatic heterocycles. The monoisotopic (exact) mass is 283 g/mol. The van der Waals surface area contributed by atoms with Gasteiger partial charge < -0.3 is 14.0 Å². The minimum absolute atomic E-state index is 0.327. The summed E-state index contributed by atoms with van der Waals surface area (Å²) in [4.78, 5) is 0. The largest absolute Gasteiger partial charge is 0.591 e. The van der Waals surface area contributed by atoms with Crippen molar-refractivity contribution in [2.24, 2.45) is 4.40 Å². The fourth-order valence-corrected chi connectivity index (χ4v) is 1.72. The van der Waals surface area contributed by atoms with Crippen LogP contribution in [0.3, 0.4) is 0 Å². The van der Waals surface area contributed by atoms with Crippen molar-refractivity contribution in [2.75, 3.05) is 13.7 Å². The third-order valence-corrected chi connectivity index (χ3v) is 3.70. The number of benzene rings is 1. The summed E-state index contributed by atoms with van der Waals surface area (Å²) in [5.41, 5.74) is 1.06. The van der Waals surface area contributed by atoms with Gasteiger partial charge in [0.1, 0.15) is 21.9 Å². The first-order chi connectivity index (χ1) is 8.93. The molecule has 0 saturated carbocycles. The summed E-state index contributed by atoms with van der Waals surface area (Å²) in [6.07, 6.45) is 1.56. The summed E-state index contributed by atoms with van der Waals surface area (Å²) in [5, 5.41) is 0. The lowest BCUT2D eigenvalue weighted by Crippen LogP contribution is -2.26. The van der Waals surface area contributed by atoms with Crippen LogP contribution in [0.1, 0.15) is 26.3 Å². The Kier molecular flexibility index (Phi) is 6.34. The first kappa shape index (κ1) is 16.0. The summed E-state index contributed by atoms with van der Waals surface area (Å²) in [7, 11) is 1.64. The average Bonchev–Trinajstić information content (AvgIpc) is 2.37. The molecule has 0 heterocycles. The lowest BCUT2D eigenvalue weighted by molar-refractivity contribution is 0.160. The highest BCUT2D eigenvalue weighted by atomic mass is 32.2. The first-order valence-corrected chi connectivity index (χ1v) is 7.19. The molecule has 5 heteroatoms. The molecule has 1 aromatic rings. The van der Waals surface area contributed by atoms with E-state index in [9.17, 15) is 4.55 Å². The van der Waals surface area contributed by atoms with E-state index in [0.29, 0.717) is 13.2 Å². The SMILES string of the molecule is COc1ccc(COCC=N[S+]([O-])C(C)(C)C)cc1. The number of hydrogen-bond donors (Lipinski definition) is 0. The van der Waals surface area contributed by atoms with Gasteiger partial charge in [0.25, 0.3) is 0 Å². The molecule has 1 aromatic carbocycles. The number of methoxy groups -OCH3 is 1. The van der Waals surface area contributed by atoms with Crippen molar-refractivity contribution in [3.05, 3.63) is 29.8 Å². The third kappa shape index (κ3) is 6.09. The van der Waals surface area contributed by atoms with Gasteiger partial charge in [-0.05, 0) is 38.5 Å². The predicted molar refractivity (Wildman–Crippen MR) is 79.0 cm³/mol. The maximum absolute atomic E-state index is 11.6. The van der Waals surface area contributed by atoms with Gasteiger partial charge in [0.15, 0.2) is 0 Å². The predicted octanol–water partition coefficient (Wildman–Crippen LogP) is 2.74. The molecule has 1 unspecified atom stereocenters. The second kappa shape index (κ2) is 7.53. The molecule has 0 amide bonds. The minimum Gasteiger partial charge on any atom is -0.591 e. The van der Waals surface area contributed by atoms with Gasteiger partial charge in [-0.25, -0.2) is 0 Å². The summed E-state index contributed by atoms with van der Waals surface area (Å²) in [6, 6.07) is 7.68. The average molecular weight is 283 g/mol. The number of ether oxygens (including phenoxy) is 2. The standard InChI is InChI=1S/C14H21NO3S/c1-14(2,3)19(16)15-9-10-18-11-12-5-7-13(17-4)8-6-12/h5-9H,10-11H2,1-4H3. The molecule has 0 radical (unpaired) electrons. The molecule has 0 N–H and O–H groups in total. The van der Waals surface area contributed by atoms with Gasteiger partial charge in [-0.3, -0.25) is 0 Å². The van der Waals surface area contributed by atoms with Crippen LogP contribution in [0.5, 0.6) is 5.75 Å². The Balaban J connectivity index is 2.28. The van der Waals surface area contributed by atoms with E-state index >= 15 is 0 Å². The maximum atomic E-state index is 11.6. The lowest BCUT2D eigenvalue weighted by Gasteiger charge is -2.17. The van der Waals surface area contributed by atoms with Crippen LogP contribution in [-0.4, -0.2) is 29.2 Å². The third-order valence-electron chi connectivity index (χ3n) is 2.31. The molecule has 0 bridgehead atoms. The van der Waals surface area contributed by atoms with Crippen molar-refractivity contribution < 1.29 is 14.0 Å². The highest BCUT2D eigenvalue weighted by molar-refractivity contribution is 7.91. The van der Waals surface area contributed by atoms with E-state index in [1.165, 1.54) is 0 Å². The molecule has 4 nitrogen and oxygen atoms in total. The van der Waals surface area contributed by atoms with Crippen LogP contribution in [0.25, 0.3) is 0 Å². The van der Waals surface area contributed by atoms with Gasteiger partial charge >= 0.3 is 0 Å². The smallest absolute Gasteiger partial charge is 0.144 e. The molecular weight excluding hydrogens is 262 g/mol. The van der Waals surface area contributed by atoms with E-state index in [1.807, 2.05) is 45.0 Å². The highest BCUT2D eigenvalue weighted by Gasteiger charge is 2.25. The zero-order valence-corrected chi connectivity index (χ0v) is 12.7. The fraction of sp³-hybridized carbons (Fsp3) is 0.500. The van der Waals surface area contributed by atoms with Crippen molar-refractivity contribution in [3.63, 3.8) is 0 Å². The molecule has 106 valence electrons. The van der Waals surface area contributed by atoms with Gasteiger partial charge in [0, 0.05) is 0 Å². The minimum atomic E-state index is -1.22. The molecule has 0 aliphatic carbocycles. The second-order valence-electron chi connectivity index (χ2n) is 5.01. The van der Waals surface area contributed by atoms with Crippen LogP contribution in [-0.2, 0) is 22.7 Å². The van der Waals surface area contributed by atoms with Gasteiger partial charge in [0.2, 0.25) is 0 Å². The van der Waals surface area contributed by atoms with E-state index in [0.717, 1.165) is 11.3 Å². The zero-order valence-electron chi connectivity index (χ0n) is 11.9. The van der Waals surface area contributed by atoms with Crippen molar-refractivity contribution in [1.29, 1.82) is 0 Å². The molecule has 0 aromatic heterocycles. The van der Waals surface area contributed by atoms with E-state index in [-0.39, 0.29) is 4.75 Å². The summed E-state index contributed by atoms with van der Waals surface area (Å²) >= 11 is -1.22. The molecule has 0 saturated heterocycles. The molecule has 0 fully saturated rings. The van der Waals surface area contributed by atoms with Crippen molar-refractivity contribution in [2.45, 2.75) is 32.1 Å². The Hall–Kier alpha value is -1.04. The summed E-state index contributed by atoms with van der Waals surface area (Å²) in [5.74, 6) is 0.825. The second-order valence-corrected chi connectivity index (χ2v) is 6.95. The zero-order chi connectivity index (χ0) is 14.3.